The first-order valence-corrected chi connectivity index (χ1v) is 5.75. The third kappa shape index (κ3) is 4.07. The minimum absolute atomic E-state index is 0.112. The van der Waals surface area contributed by atoms with Crippen LogP contribution in [0.25, 0.3) is 0 Å². The van der Waals surface area contributed by atoms with Crippen LogP contribution in [0.15, 0.2) is 18.2 Å². The van der Waals surface area contributed by atoms with Crippen LogP contribution in [0.1, 0.15) is 17.2 Å². The molecule has 1 aromatic rings. The smallest absolute Gasteiger partial charge is 0.371 e. The summed E-state index contributed by atoms with van der Waals surface area (Å²) in [7, 11) is 0. The first kappa shape index (κ1) is 16.0. The Morgan fingerprint density at radius 1 is 1.19 bits per heavy atom. The number of alkyl halides is 6. The lowest BCUT2D eigenvalue weighted by Gasteiger charge is -2.22. The van der Waals surface area contributed by atoms with Gasteiger partial charge in [-0.1, -0.05) is 6.07 Å². The molecule has 9 heteroatoms. The fourth-order valence-electron chi connectivity index (χ4n) is 1.67. The molecule has 1 saturated heterocycles. The highest BCUT2D eigenvalue weighted by Gasteiger charge is 2.44. The summed E-state index contributed by atoms with van der Waals surface area (Å²) in [5.41, 5.74) is -2.57. The average molecular weight is 318 g/mol. The molecule has 1 aliphatic heterocycles. The summed E-state index contributed by atoms with van der Waals surface area (Å²) in [5, 5.41) is 0. The average Bonchev–Trinajstić information content (AvgIpc) is 3.12. The van der Waals surface area contributed by atoms with Crippen LogP contribution >= 0.6 is 0 Å². The Kier molecular flexibility index (Phi) is 4.16. The lowest BCUT2D eigenvalue weighted by molar-refractivity contribution is -0.225. The van der Waals surface area contributed by atoms with Crippen LogP contribution in [0.5, 0.6) is 0 Å². The molecule has 0 spiro atoms. The molecule has 0 aromatic heterocycles. The molecular formula is C12H9F7O2. The van der Waals surface area contributed by atoms with Gasteiger partial charge in [0.2, 0.25) is 0 Å². The van der Waals surface area contributed by atoms with Gasteiger partial charge in [0, 0.05) is 0 Å². The van der Waals surface area contributed by atoms with Crippen molar-refractivity contribution in [2.45, 2.75) is 24.6 Å². The van der Waals surface area contributed by atoms with Gasteiger partial charge in [-0.2, -0.15) is 26.3 Å². The Hall–Kier alpha value is -1.35. The molecule has 0 radical (unpaired) electrons. The van der Waals surface area contributed by atoms with Gasteiger partial charge in [0.05, 0.1) is 18.8 Å². The Labute approximate surface area is 114 Å². The molecule has 118 valence electrons. The molecular weight excluding hydrogens is 309 g/mol. The van der Waals surface area contributed by atoms with Crippen molar-refractivity contribution >= 4 is 0 Å². The molecule has 0 saturated carbocycles. The highest BCUT2D eigenvalue weighted by atomic mass is 19.4. The number of benzene rings is 1. The summed E-state index contributed by atoms with van der Waals surface area (Å²) < 4.78 is 98.5. The van der Waals surface area contributed by atoms with Crippen LogP contribution in [0.2, 0.25) is 0 Å². The van der Waals surface area contributed by atoms with Gasteiger partial charge in [0.25, 0.3) is 0 Å². The van der Waals surface area contributed by atoms with E-state index >= 15 is 0 Å². The second kappa shape index (κ2) is 5.45. The van der Waals surface area contributed by atoms with E-state index in [1.54, 1.807) is 0 Å². The van der Waals surface area contributed by atoms with Crippen LogP contribution < -0.4 is 0 Å². The van der Waals surface area contributed by atoms with Crippen molar-refractivity contribution in [3.63, 3.8) is 0 Å². The second-order valence-electron chi connectivity index (χ2n) is 4.45. The minimum atomic E-state index is -5.09. The molecule has 21 heavy (non-hydrogen) atoms. The van der Waals surface area contributed by atoms with E-state index in [-0.39, 0.29) is 12.7 Å². The molecule has 0 bridgehead atoms. The van der Waals surface area contributed by atoms with E-state index in [4.69, 9.17) is 0 Å². The molecule has 0 aliphatic carbocycles. The summed E-state index contributed by atoms with van der Waals surface area (Å²) in [6.07, 6.45) is -13.1. The third-order valence-electron chi connectivity index (χ3n) is 2.75. The Bertz CT molecular complexity index is 505. The fourth-order valence-corrected chi connectivity index (χ4v) is 1.67. The largest absolute Gasteiger partial charge is 0.419 e. The summed E-state index contributed by atoms with van der Waals surface area (Å²) in [6, 6.07) is 1.08. The maximum Gasteiger partial charge on any atom is 0.419 e. The maximum absolute atomic E-state index is 13.1. The van der Waals surface area contributed by atoms with Crippen molar-refractivity contribution in [2.75, 3.05) is 13.2 Å². The zero-order valence-electron chi connectivity index (χ0n) is 10.3. The highest BCUT2D eigenvalue weighted by molar-refractivity contribution is 5.29. The van der Waals surface area contributed by atoms with Crippen LogP contribution in [-0.2, 0) is 15.7 Å². The SMILES string of the molecule is Fc1ccc([C@@H](OC[C@H]2CO2)C(F)(F)F)cc1C(F)(F)F. The van der Waals surface area contributed by atoms with Crippen LogP contribution in [0, 0.1) is 5.82 Å². The van der Waals surface area contributed by atoms with Crippen molar-refractivity contribution in [2.24, 2.45) is 0 Å². The van der Waals surface area contributed by atoms with Gasteiger partial charge in [0.1, 0.15) is 11.9 Å². The lowest BCUT2D eigenvalue weighted by atomic mass is 10.0. The van der Waals surface area contributed by atoms with E-state index in [1.165, 1.54) is 0 Å². The molecule has 2 rings (SSSR count). The number of epoxide rings is 1. The fraction of sp³-hybridized carbons (Fsp3) is 0.500. The van der Waals surface area contributed by atoms with Crippen molar-refractivity contribution in [1.29, 1.82) is 0 Å². The van der Waals surface area contributed by atoms with E-state index in [2.05, 4.69) is 9.47 Å². The predicted molar refractivity (Wildman–Crippen MR) is 55.9 cm³/mol. The minimum Gasteiger partial charge on any atom is -0.371 e. The highest BCUT2D eigenvalue weighted by Crippen LogP contribution is 2.39. The topological polar surface area (TPSA) is 21.8 Å². The van der Waals surface area contributed by atoms with E-state index in [9.17, 15) is 30.7 Å². The zero-order chi connectivity index (χ0) is 15.8. The van der Waals surface area contributed by atoms with Gasteiger partial charge in [-0.3, -0.25) is 0 Å². The number of hydrogen-bond donors (Lipinski definition) is 0. The second-order valence-corrected chi connectivity index (χ2v) is 4.45. The molecule has 2 atom stereocenters. The van der Waals surface area contributed by atoms with Crippen molar-refractivity contribution in [3.05, 3.63) is 35.1 Å². The van der Waals surface area contributed by atoms with Crippen LogP contribution in [-0.4, -0.2) is 25.5 Å². The number of rotatable bonds is 4. The van der Waals surface area contributed by atoms with E-state index < -0.39 is 48.1 Å². The molecule has 1 aromatic carbocycles. The zero-order valence-corrected chi connectivity index (χ0v) is 10.3. The number of ether oxygens (including phenoxy) is 2. The standard InChI is InChI=1S/C12H9F7O2/c13-9-2-1-6(3-8(9)11(14,15)16)10(12(17,18)19)21-5-7-4-20-7/h1-3,7,10H,4-5H2/t7-,10-/m1/s1. The first-order valence-electron chi connectivity index (χ1n) is 5.75. The lowest BCUT2D eigenvalue weighted by Crippen LogP contribution is -2.25. The quantitative estimate of drug-likeness (QED) is 0.621. The monoisotopic (exact) mass is 318 g/mol. The number of hydrogen-bond acceptors (Lipinski definition) is 2. The Morgan fingerprint density at radius 3 is 2.29 bits per heavy atom. The van der Waals surface area contributed by atoms with Gasteiger partial charge in [-0.25, -0.2) is 4.39 Å². The van der Waals surface area contributed by atoms with Gasteiger partial charge >= 0.3 is 12.4 Å². The predicted octanol–water partition coefficient (Wildman–Crippen LogP) is 3.86. The maximum atomic E-state index is 13.1. The van der Waals surface area contributed by atoms with E-state index in [0.717, 1.165) is 0 Å². The normalized spacial score (nSPS) is 20.4. The van der Waals surface area contributed by atoms with Crippen molar-refractivity contribution in [1.82, 2.24) is 0 Å². The number of halogens is 7. The molecule has 0 amide bonds. The summed E-state index contributed by atoms with van der Waals surface area (Å²) in [6.45, 7) is -0.162. The van der Waals surface area contributed by atoms with E-state index in [1.807, 2.05) is 0 Å². The molecule has 2 nitrogen and oxygen atoms in total. The van der Waals surface area contributed by atoms with Gasteiger partial charge in [-0.15, -0.1) is 0 Å². The van der Waals surface area contributed by atoms with Crippen LogP contribution in [0.4, 0.5) is 30.7 Å². The molecule has 0 N–H and O–H groups in total. The van der Waals surface area contributed by atoms with Gasteiger partial charge in [-0.05, 0) is 17.7 Å². The Balaban J connectivity index is 2.30. The molecule has 1 aliphatic rings. The molecule has 1 heterocycles. The Morgan fingerprint density at radius 2 is 1.81 bits per heavy atom. The molecule has 0 unspecified atom stereocenters. The summed E-state index contributed by atoms with van der Waals surface area (Å²) in [4.78, 5) is 0. The molecule has 1 fully saturated rings. The summed E-state index contributed by atoms with van der Waals surface area (Å²) >= 11 is 0. The van der Waals surface area contributed by atoms with Gasteiger partial charge in [0.15, 0.2) is 6.10 Å². The third-order valence-corrected chi connectivity index (χ3v) is 2.75. The van der Waals surface area contributed by atoms with Crippen molar-refractivity contribution in [3.8, 4) is 0 Å². The van der Waals surface area contributed by atoms with E-state index in [0.29, 0.717) is 12.1 Å². The van der Waals surface area contributed by atoms with Crippen molar-refractivity contribution < 1.29 is 40.2 Å². The summed E-state index contributed by atoms with van der Waals surface area (Å²) in [5.74, 6) is -1.64. The van der Waals surface area contributed by atoms with Crippen LogP contribution in [0.3, 0.4) is 0 Å². The first-order chi connectivity index (χ1) is 9.59. The van der Waals surface area contributed by atoms with Gasteiger partial charge < -0.3 is 9.47 Å².